The van der Waals surface area contributed by atoms with Gasteiger partial charge in [0.05, 0.1) is 16.1 Å². The van der Waals surface area contributed by atoms with Crippen LogP contribution in [-0.4, -0.2) is 11.1 Å². The molecule has 0 amide bonds. The van der Waals surface area contributed by atoms with E-state index in [1.807, 2.05) is 18.2 Å². The fourth-order valence-corrected chi connectivity index (χ4v) is 2.61. The Bertz CT molecular complexity index is 548. The number of benzene rings is 1. The summed E-state index contributed by atoms with van der Waals surface area (Å²) in [4.78, 5) is 0. The van der Waals surface area contributed by atoms with Gasteiger partial charge in [0.25, 0.3) is 0 Å². The van der Waals surface area contributed by atoms with Crippen LogP contribution in [0.25, 0.3) is 0 Å². The second kappa shape index (κ2) is 4.37. The molecule has 1 atom stereocenters. The van der Waals surface area contributed by atoms with E-state index in [2.05, 4.69) is 28.2 Å². The summed E-state index contributed by atoms with van der Waals surface area (Å²) in [5.41, 5.74) is 2.42. The maximum Gasteiger partial charge on any atom is 0.0732 e. The highest BCUT2D eigenvalue weighted by molar-refractivity contribution is 6.42. The highest BCUT2D eigenvalue weighted by Crippen LogP contribution is 2.30. The Morgan fingerprint density at radius 2 is 2.06 bits per heavy atom. The maximum absolute atomic E-state index is 6.07. The molecule has 0 spiro atoms. The quantitative estimate of drug-likeness (QED) is 0.836. The zero-order chi connectivity index (χ0) is 11.8. The van der Waals surface area contributed by atoms with Crippen LogP contribution in [-0.2, 0) is 6.54 Å². The monoisotopic (exact) mass is 266 g/mol. The molecule has 0 aliphatic carbocycles. The molecule has 88 valence electrons. The first-order chi connectivity index (χ1) is 8.25. The normalized spacial score (nSPS) is 19.1. The van der Waals surface area contributed by atoms with Crippen LogP contribution >= 0.6 is 23.2 Å². The maximum atomic E-state index is 6.07. The summed E-state index contributed by atoms with van der Waals surface area (Å²) < 4.78 is 2.27. The molecule has 1 aromatic heterocycles. The lowest BCUT2D eigenvalue weighted by molar-refractivity contribution is 0.467. The van der Waals surface area contributed by atoms with Gasteiger partial charge in [-0.05, 0) is 29.8 Å². The molecule has 1 aliphatic heterocycles. The number of hydrogen-bond acceptors (Lipinski definition) is 1. The van der Waals surface area contributed by atoms with Crippen LogP contribution in [0.15, 0.2) is 36.5 Å². The second-order valence-electron chi connectivity index (χ2n) is 4.19. The van der Waals surface area contributed by atoms with E-state index in [4.69, 9.17) is 23.2 Å². The van der Waals surface area contributed by atoms with Crippen molar-refractivity contribution in [2.24, 2.45) is 0 Å². The van der Waals surface area contributed by atoms with Crippen molar-refractivity contribution in [2.45, 2.75) is 12.6 Å². The summed E-state index contributed by atoms with van der Waals surface area (Å²) in [6.45, 7) is 1.98. The van der Waals surface area contributed by atoms with E-state index in [1.165, 1.54) is 5.69 Å². The molecule has 0 radical (unpaired) electrons. The molecule has 0 unspecified atom stereocenters. The predicted molar refractivity (Wildman–Crippen MR) is 70.7 cm³/mol. The van der Waals surface area contributed by atoms with Gasteiger partial charge in [0, 0.05) is 25.0 Å². The third-order valence-corrected chi connectivity index (χ3v) is 3.88. The van der Waals surface area contributed by atoms with Gasteiger partial charge >= 0.3 is 0 Å². The Morgan fingerprint density at radius 3 is 2.88 bits per heavy atom. The number of hydrogen-bond donors (Lipinski definition) is 1. The van der Waals surface area contributed by atoms with E-state index in [-0.39, 0.29) is 6.04 Å². The smallest absolute Gasteiger partial charge is 0.0732 e. The van der Waals surface area contributed by atoms with Crippen molar-refractivity contribution >= 4 is 23.2 Å². The van der Waals surface area contributed by atoms with Crippen LogP contribution in [0.3, 0.4) is 0 Å². The zero-order valence-electron chi connectivity index (χ0n) is 9.16. The molecule has 0 bridgehead atoms. The van der Waals surface area contributed by atoms with Crippen LogP contribution in [0.1, 0.15) is 17.3 Å². The number of nitrogens with zero attached hydrogens (tertiary/aromatic N) is 1. The van der Waals surface area contributed by atoms with Crippen molar-refractivity contribution in [1.82, 2.24) is 9.88 Å². The number of rotatable bonds is 1. The van der Waals surface area contributed by atoms with Gasteiger partial charge in [-0.15, -0.1) is 0 Å². The molecule has 1 N–H and O–H groups in total. The molecule has 0 fully saturated rings. The highest BCUT2D eigenvalue weighted by atomic mass is 35.5. The minimum absolute atomic E-state index is 0.202. The summed E-state index contributed by atoms with van der Waals surface area (Å²) >= 11 is 12.0. The van der Waals surface area contributed by atoms with E-state index in [0.717, 1.165) is 18.7 Å². The van der Waals surface area contributed by atoms with Crippen molar-refractivity contribution in [3.8, 4) is 0 Å². The van der Waals surface area contributed by atoms with Gasteiger partial charge < -0.3 is 9.88 Å². The minimum Gasteiger partial charge on any atom is -0.348 e. The van der Waals surface area contributed by atoms with E-state index in [0.29, 0.717) is 10.0 Å². The molecular formula is C13H12Cl2N2. The fourth-order valence-electron chi connectivity index (χ4n) is 2.31. The average molecular weight is 267 g/mol. The number of halogens is 2. The van der Waals surface area contributed by atoms with E-state index < -0.39 is 0 Å². The van der Waals surface area contributed by atoms with Crippen LogP contribution in [0.2, 0.25) is 10.0 Å². The summed E-state index contributed by atoms with van der Waals surface area (Å²) in [6, 6.07) is 10.2. The number of aromatic nitrogens is 1. The largest absolute Gasteiger partial charge is 0.348 e. The van der Waals surface area contributed by atoms with Gasteiger partial charge in [-0.1, -0.05) is 29.3 Å². The van der Waals surface area contributed by atoms with Crippen LogP contribution in [0.4, 0.5) is 0 Å². The highest BCUT2D eigenvalue weighted by Gasteiger charge is 2.21. The first-order valence-electron chi connectivity index (χ1n) is 5.59. The summed E-state index contributed by atoms with van der Waals surface area (Å²) in [5, 5.41) is 4.71. The third-order valence-electron chi connectivity index (χ3n) is 3.14. The molecule has 0 saturated carbocycles. The Labute approximate surface area is 110 Å². The Kier molecular flexibility index (Phi) is 2.87. The van der Waals surface area contributed by atoms with Crippen molar-refractivity contribution in [3.63, 3.8) is 0 Å². The predicted octanol–water partition coefficient (Wildman–Crippen LogP) is 3.49. The van der Waals surface area contributed by atoms with Crippen LogP contribution in [0, 0.1) is 0 Å². The fraction of sp³-hybridized carbons (Fsp3) is 0.231. The van der Waals surface area contributed by atoms with Crippen molar-refractivity contribution in [1.29, 1.82) is 0 Å². The second-order valence-corrected chi connectivity index (χ2v) is 5.00. The Hall–Kier alpha value is -0.960. The van der Waals surface area contributed by atoms with Gasteiger partial charge in [0.1, 0.15) is 0 Å². The van der Waals surface area contributed by atoms with Gasteiger partial charge in [-0.25, -0.2) is 0 Å². The van der Waals surface area contributed by atoms with Gasteiger partial charge in [0.2, 0.25) is 0 Å². The lowest BCUT2D eigenvalue weighted by Crippen LogP contribution is -2.33. The lowest BCUT2D eigenvalue weighted by atomic mass is 10.0. The number of nitrogens with one attached hydrogen (secondary N) is 1. The van der Waals surface area contributed by atoms with Crippen molar-refractivity contribution < 1.29 is 0 Å². The SMILES string of the molecule is Clc1ccc([C@@H]2NCCn3cccc32)cc1Cl. The van der Waals surface area contributed by atoms with E-state index >= 15 is 0 Å². The molecular weight excluding hydrogens is 255 g/mol. The molecule has 17 heavy (non-hydrogen) atoms. The van der Waals surface area contributed by atoms with E-state index in [9.17, 15) is 0 Å². The summed E-state index contributed by atoms with van der Waals surface area (Å²) in [5.74, 6) is 0. The molecule has 3 rings (SSSR count). The average Bonchev–Trinajstić information content (AvgIpc) is 2.80. The molecule has 1 aromatic carbocycles. The van der Waals surface area contributed by atoms with Gasteiger partial charge in [-0.3, -0.25) is 0 Å². The molecule has 0 saturated heterocycles. The van der Waals surface area contributed by atoms with Crippen molar-refractivity contribution in [3.05, 3.63) is 57.8 Å². The first-order valence-corrected chi connectivity index (χ1v) is 6.34. The third kappa shape index (κ3) is 1.97. The van der Waals surface area contributed by atoms with Crippen LogP contribution < -0.4 is 5.32 Å². The summed E-state index contributed by atoms with van der Waals surface area (Å²) in [6.07, 6.45) is 2.11. The standard InChI is InChI=1S/C13H12Cl2N2/c14-10-4-3-9(8-11(10)15)13-12-2-1-6-17(12)7-5-16-13/h1-4,6,8,13,16H,5,7H2/t13-/m0/s1. The molecule has 4 heteroatoms. The molecule has 2 aromatic rings. The molecule has 2 heterocycles. The van der Waals surface area contributed by atoms with Crippen LogP contribution in [0.5, 0.6) is 0 Å². The topological polar surface area (TPSA) is 17.0 Å². The minimum atomic E-state index is 0.202. The zero-order valence-corrected chi connectivity index (χ0v) is 10.7. The Balaban J connectivity index is 2.03. The first kappa shape index (κ1) is 11.1. The molecule has 1 aliphatic rings. The molecule has 2 nitrogen and oxygen atoms in total. The Morgan fingerprint density at radius 1 is 1.18 bits per heavy atom. The van der Waals surface area contributed by atoms with E-state index in [1.54, 1.807) is 0 Å². The van der Waals surface area contributed by atoms with Gasteiger partial charge in [0.15, 0.2) is 0 Å². The summed E-state index contributed by atoms with van der Waals surface area (Å²) in [7, 11) is 0. The number of fused-ring (bicyclic) bond motifs is 1. The van der Waals surface area contributed by atoms with Gasteiger partial charge in [-0.2, -0.15) is 0 Å². The lowest BCUT2D eigenvalue weighted by Gasteiger charge is -2.27. The van der Waals surface area contributed by atoms with Crippen molar-refractivity contribution in [2.75, 3.05) is 6.54 Å².